The summed E-state index contributed by atoms with van der Waals surface area (Å²) in [4.78, 5) is 6.74. The quantitative estimate of drug-likeness (QED) is 0.289. The first-order valence-electron chi connectivity index (χ1n) is 8.33. The standard InChI is InChI=1S/C18H26FN5.HI/c1-4-20-18(21-11-5-6-16-12-22-23-14(16)2)24(3)13-15-7-9-17(19)10-8-15;/h7-10,12H,4-6,11,13H2,1-3H3,(H,20,21)(H,22,23);1H. The van der Waals surface area contributed by atoms with Gasteiger partial charge in [0.2, 0.25) is 0 Å². The van der Waals surface area contributed by atoms with Crippen LogP contribution in [0.5, 0.6) is 0 Å². The molecule has 0 unspecified atom stereocenters. The van der Waals surface area contributed by atoms with E-state index in [0.717, 1.165) is 43.1 Å². The number of aromatic nitrogens is 2. The molecule has 0 atom stereocenters. The lowest BCUT2D eigenvalue weighted by Gasteiger charge is -2.22. The Kier molecular flexibility index (Phi) is 9.48. The molecule has 0 saturated heterocycles. The van der Waals surface area contributed by atoms with Crippen LogP contribution in [0.2, 0.25) is 0 Å². The minimum absolute atomic E-state index is 0. The average molecular weight is 459 g/mol. The predicted molar refractivity (Wildman–Crippen MR) is 111 cm³/mol. The monoisotopic (exact) mass is 459 g/mol. The number of aryl methyl sites for hydroxylation is 2. The topological polar surface area (TPSA) is 56.3 Å². The highest BCUT2D eigenvalue weighted by molar-refractivity contribution is 14.0. The summed E-state index contributed by atoms with van der Waals surface area (Å²) in [6, 6.07) is 6.58. The largest absolute Gasteiger partial charge is 0.357 e. The average Bonchev–Trinajstić information content (AvgIpc) is 2.97. The third kappa shape index (κ3) is 7.01. The fourth-order valence-corrected chi connectivity index (χ4v) is 2.49. The number of rotatable bonds is 7. The van der Waals surface area contributed by atoms with E-state index in [9.17, 15) is 4.39 Å². The summed E-state index contributed by atoms with van der Waals surface area (Å²) >= 11 is 0. The Bertz CT molecular complexity index is 654. The molecule has 2 rings (SSSR count). The molecule has 0 bridgehead atoms. The van der Waals surface area contributed by atoms with Gasteiger partial charge in [0.15, 0.2) is 5.96 Å². The van der Waals surface area contributed by atoms with Gasteiger partial charge < -0.3 is 10.2 Å². The Hall–Kier alpha value is -1.64. The van der Waals surface area contributed by atoms with Gasteiger partial charge in [-0.3, -0.25) is 10.1 Å². The lowest BCUT2D eigenvalue weighted by Crippen LogP contribution is -2.38. The highest BCUT2D eigenvalue weighted by Gasteiger charge is 2.07. The van der Waals surface area contributed by atoms with Crippen molar-refractivity contribution in [3.63, 3.8) is 0 Å². The first-order valence-corrected chi connectivity index (χ1v) is 8.33. The van der Waals surface area contributed by atoms with Crippen LogP contribution in [0, 0.1) is 12.7 Å². The van der Waals surface area contributed by atoms with Crippen molar-refractivity contribution >= 4 is 29.9 Å². The molecular formula is C18H27FIN5. The number of benzene rings is 1. The Labute approximate surface area is 166 Å². The second-order valence-corrected chi connectivity index (χ2v) is 5.84. The number of H-pyrrole nitrogens is 1. The van der Waals surface area contributed by atoms with Gasteiger partial charge in [-0.25, -0.2) is 4.39 Å². The summed E-state index contributed by atoms with van der Waals surface area (Å²) in [6.45, 7) is 6.34. The maximum atomic E-state index is 13.0. The molecule has 7 heteroatoms. The lowest BCUT2D eigenvalue weighted by molar-refractivity contribution is 0.476. The van der Waals surface area contributed by atoms with E-state index >= 15 is 0 Å². The highest BCUT2D eigenvalue weighted by Crippen LogP contribution is 2.07. The van der Waals surface area contributed by atoms with Crippen LogP contribution in [0.25, 0.3) is 0 Å². The van der Waals surface area contributed by atoms with Crippen LogP contribution >= 0.6 is 24.0 Å². The summed E-state index contributed by atoms with van der Waals surface area (Å²) < 4.78 is 13.0. The van der Waals surface area contributed by atoms with E-state index in [4.69, 9.17) is 0 Å². The molecule has 0 aliphatic rings. The zero-order valence-electron chi connectivity index (χ0n) is 15.1. The Morgan fingerprint density at radius 3 is 2.64 bits per heavy atom. The van der Waals surface area contributed by atoms with Gasteiger partial charge in [-0.15, -0.1) is 24.0 Å². The molecule has 25 heavy (non-hydrogen) atoms. The lowest BCUT2D eigenvalue weighted by atomic mass is 10.1. The van der Waals surface area contributed by atoms with Crippen LogP contribution in [-0.2, 0) is 13.0 Å². The molecule has 1 heterocycles. The van der Waals surface area contributed by atoms with E-state index in [1.165, 1.54) is 17.7 Å². The molecule has 0 radical (unpaired) electrons. The SMILES string of the molecule is CCNC(=NCCCc1cn[nH]c1C)N(C)Cc1ccc(F)cc1.I. The van der Waals surface area contributed by atoms with Crippen molar-refractivity contribution in [2.75, 3.05) is 20.1 Å². The van der Waals surface area contributed by atoms with Crippen LogP contribution in [0.15, 0.2) is 35.5 Å². The van der Waals surface area contributed by atoms with Crippen LogP contribution in [-0.4, -0.2) is 41.2 Å². The predicted octanol–water partition coefficient (Wildman–Crippen LogP) is 3.51. The smallest absolute Gasteiger partial charge is 0.193 e. The van der Waals surface area contributed by atoms with Crippen molar-refractivity contribution in [3.05, 3.63) is 53.1 Å². The van der Waals surface area contributed by atoms with Gasteiger partial charge in [0.05, 0.1) is 6.20 Å². The van der Waals surface area contributed by atoms with E-state index in [1.54, 1.807) is 12.1 Å². The van der Waals surface area contributed by atoms with Gasteiger partial charge in [0.25, 0.3) is 0 Å². The van der Waals surface area contributed by atoms with Gasteiger partial charge in [0.1, 0.15) is 5.82 Å². The van der Waals surface area contributed by atoms with Crippen molar-refractivity contribution in [2.45, 2.75) is 33.2 Å². The van der Waals surface area contributed by atoms with E-state index in [-0.39, 0.29) is 29.8 Å². The molecule has 2 N–H and O–H groups in total. The minimum Gasteiger partial charge on any atom is -0.357 e. The summed E-state index contributed by atoms with van der Waals surface area (Å²) in [6.07, 6.45) is 3.82. The number of nitrogens with zero attached hydrogens (tertiary/aromatic N) is 3. The number of guanidine groups is 1. The molecule has 0 amide bonds. The fourth-order valence-electron chi connectivity index (χ4n) is 2.49. The summed E-state index contributed by atoms with van der Waals surface area (Å²) in [5.41, 5.74) is 3.42. The maximum absolute atomic E-state index is 13.0. The van der Waals surface area contributed by atoms with Gasteiger partial charge in [-0.1, -0.05) is 12.1 Å². The van der Waals surface area contributed by atoms with Gasteiger partial charge in [-0.2, -0.15) is 5.10 Å². The third-order valence-electron chi connectivity index (χ3n) is 3.83. The van der Waals surface area contributed by atoms with Gasteiger partial charge in [0, 0.05) is 32.4 Å². The molecule has 0 aliphatic heterocycles. The Balaban J connectivity index is 0.00000312. The molecule has 1 aromatic heterocycles. The molecule has 0 saturated carbocycles. The molecule has 5 nitrogen and oxygen atoms in total. The third-order valence-corrected chi connectivity index (χ3v) is 3.83. The van der Waals surface area contributed by atoms with Crippen molar-refractivity contribution < 1.29 is 4.39 Å². The number of aliphatic imine (C=N–C) groups is 1. The minimum atomic E-state index is -0.212. The van der Waals surface area contributed by atoms with Gasteiger partial charge in [-0.05, 0) is 49.9 Å². The molecule has 0 fully saturated rings. The van der Waals surface area contributed by atoms with Crippen LogP contribution < -0.4 is 5.32 Å². The Morgan fingerprint density at radius 1 is 1.32 bits per heavy atom. The van der Waals surface area contributed by atoms with Gasteiger partial charge >= 0.3 is 0 Å². The second-order valence-electron chi connectivity index (χ2n) is 5.84. The van der Waals surface area contributed by atoms with Crippen LogP contribution in [0.1, 0.15) is 30.2 Å². The summed E-state index contributed by atoms with van der Waals surface area (Å²) in [5.74, 6) is 0.655. The van der Waals surface area contributed by atoms with E-state index in [2.05, 4.69) is 32.3 Å². The number of halogens is 2. The van der Waals surface area contributed by atoms with Crippen molar-refractivity contribution in [1.29, 1.82) is 0 Å². The molecule has 1 aromatic carbocycles. The molecular weight excluding hydrogens is 432 g/mol. The van der Waals surface area contributed by atoms with E-state index < -0.39 is 0 Å². The number of nitrogens with one attached hydrogen (secondary N) is 2. The summed E-state index contributed by atoms with van der Waals surface area (Å²) in [5, 5.41) is 10.3. The highest BCUT2D eigenvalue weighted by atomic mass is 127. The number of hydrogen-bond donors (Lipinski definition) is 2. The number of aromatic amines is 1. The van der Waals surface area contributed by atoms with Crippen molar-refractivity contribution in [3.8, 4) is 0 Å². The second kappa shape index (κ2) is 11.1. The van der Waals surface area contributed by atoms with Crippen molar-refractivity contribution in [2.24, 2.45) is 4.99 Å². The molecule has 2 aromatic rings. The number of hydrogen-bond acceptors (Lipinski definition) is 2. The van der Waals surface area contributed by atoms with Crippen LogP contribution in [0.4, 0.5) is 4.39 Å². The van der Waals surface area contributed by atoms with E-state index in [0.29, 0.717) is 6.54 Å². The first-order chi connectivity index (χ1) is 11.6. The van der Waals surface area contributed by atoms with E-state index in [1.807, 2.05) is 20.2 Å². The first kappa shape index (κ1) is 21.4. The molecule has 138 valence electrons. The fraction of sp³-hybridized carbons (Fsp3) is 0.444. The molecule has 0 aliphatic carbocycles. The maximum Gasteiger partial charge on any atom is 0.193 e. The molecule has 0 spiro atoms. The van der Waals surface area contributed by atoms with Crippen molar-refractivity contribution in [1.82, 2.24) is 20.4 Å². The summed E-state index contributed by atoms with van der Waals surface area (Å²) in [7, 11) is 1.99. The normalized spacial score (nSPS) is 11.1. The zero-order valence-corrected chi connectivity index (χ0v) is 17.4. The Morgan fingerprint density at radius 2 is 2.04 bits per heavy atom. The zero-order chi connectivity index (χ0) is 17.4. The van der Waals surface area contributed by atoms with Crippen LogP contribution in [0.3, 0.4) is 0 Å².